The summed E-state index contributed by atoms with van der Waals surface area (Å²) in [4.78, 5) is 23.2. The Labute approximate surface area is 74.0 Å². The van der Waals surface area contributed by atoms with Gasteiger partial charge in [0.2, 0.25) is 0 Å². The van der Waals surface area contributed by atoms with Gasteiger partial charge in [-0.3, -0.25) is 9.59 Å². The van der Waals surface area contributed by atoms with E-state index in [0.717, 1.165) is 0 Å². The third-order valence-electron chi connectivity index (χ3n) is 1.40. The first kappa shape index (κ1) is 9.31. The van der Waals surface area contributed by atoms with E-state index in [-0.39, 0.29) is 12.8 Å². The van der Waals surface area contributed by atoms with Crippen LogP contribution in [0.3, 0.4) is 0 Å². The molecule has 0 bridgehead atoms. The van der Waals surface area contributed by atoms with Crippen molar-refractivity contribution in [2.24, 2.45) is 0 Å². The number of hydrogen-bond acceptors (Lipinski definition) is 2. The van der Waals surface area contributed by atoms with E-state index in [2.05, 4.69) is 11.1 Å². The van der Waals surface area contributed by atoms with Crippen molar-refractivity contribution in [3.8, 4) is 0 Å². The SMILES string of the molecule is O=C(O)Cc1[c]cc(CC(=O)O)[nH]1. The topological polar surface area (TPSA) is 90.4 Å². The summed E-state index contributed by atoms with van der Waals surface area (Å²) < 4.78 is 0. The summed E-state index contributed by atoms with van der Waals surface area (Å²) in [5.41, 5.74) is 0.854. The fourth-order valence-corrected chi connectivity index (χ4v) is 0.945. The number of carboxylic acid groups (broad SMARTS) is 2. The van der Waals surface area contributed by atoms with Crippen LogP contribution in [0.25, 0.3) is 0 Å². The highest BCUT2D eigenvalue weighted by molar-refractivity contribution is 5.71. The molecule has 0 aromatic carbocycles. The largest absolute Gasteiger partial charge is 0.481 e. The number of carbonyl (C=O) groups is 2. The molecular weight excluding hydrogens is 174 g/mol. The Balaban J connectivity index is 2.63. The van der Waals surface area contributed by atoms with E-state index in [1.165, 1.54) is 6.07 Å². The summed E-state index contributed by atoms with van der Waals surface area (Å²) in [5.74, 6) is -1.93. The maximum atomic E-state index is 10.2. The Hall–Kier alpha value is -1.78. The monoisotopic (exact) mass is 182 g/mol. The van der Waals surface area contributed by atoms with Crippen molar-refractivity contribution < 1.29 is 19.8 Å². The number of aromatic amines is 1. The number of rotatable bonds is 4. The quantitative estimate of drug-likeness (QED) is 0.614. The summed E-state index contributed by atoms with van der Waals surface area (Å²) in [7, 11) is 0. The highest BCUT2D eigenvalue weighted by Gasteiger charge is 2.06. The third kappa shape index (κ3) is 2.98. The van der Waals surface area contributed by atoms with Gasteiger partial charge < -0.3 is 15.2 Å². The lowest BCUT2D eigenvalue weighted by Crippen LogP contribution is -2.02. The first-order valence-electron chi connectivity index (χ1n) is 3.60. The van der Waals surface area contributed by atoms with Crippen LogP contribution in [0.5, 0.6) is 0 Å². The van der Waals surface area contributed by atoms with Crippen LogP contribution >= 0.6 is 0 Å². The zero-order valence-electron chi connectivity index (χ0n) is 6.70. The Kier molecular flexibility index (Phi) is 2.69. The molecule has 1 rings (SSSR count). The van der Waals surface area contributed by atoms with Crippen LogP contribution in [-0.2, 0) is 22.4 Å². The van der Waals surface area contributed by atoms with E-state index in [1.807, 2.05) is 0 Å². The number of carboxylic acids is 2. The van der Waals surface area contributed by atoms with Crippen molar-refractivity contribution in [3.05, 3.63) is 23.5 Å². The molecule has 0 amide bonds. The molecule has 0 saturated heterocycles. The normalized spacial score (nSPS) is 9.85. The summed E-state index contributed by atoms with van der Waals surface area (Å²) in [6.45, 7) is 0. The van der Waals surface area contributed by atoms with Gasteiger partial charge in [0.15, 0.2) is 0 Å². The van der Waals surface area contributed by atoms with Crippen molar-refractivity contribution >= 4 is 11.9 Å². The molecular formula is C8H8NO4. The maximum absolute atomic E-state index is 10.2. The molecule has 0 saturated carbocycles. The number of nitrogens with one attached hydrogen (secondary N) is 1. The van der Waals surface area contributed by atoms with Gasteiger partial charge in [-0.1, -0.05) is 0 Å². The molecule has 0 spiro atoms. The summed E-state index contributed by atoms with van der Waals surface area (Å²) >= 11 is 0. The fourth-order valence-electron chi connectivity index (χ4n) is 0.945. The molecule has 0 atom stereocenters. The highest BCUT2D eigenvalue weighted by Crippen LogP contribution is 2.02. The van der Waals surface area contributed by atoms with Gasteiger partial charge in [0, 0.05) is 17.5 Å². The number of hydrogen-bond donors (Lipinski definition) is 3. The molecule has 1 aromatic rings. The van der Waals surface area contributed by atoms with Gasteiger partial charge >= 0.3 is 11.9 Å². The average molecular weight is 182 g/mol. The standard InChI is InChI=1S/C8H8NO4/c10-7(11)3-5-1-2-6(9-5)4-8(12)13/h1,9H,3-4H2,(H,10,11)(H,12,13). The fraction of sp³-hybridized carbons (Fsp3) is 0.250. The Bertz CT molecular complexity index is 298. The van der Waals surface area contributed by atoms with Crippen molar-refractivity contribution in [2.45, 2.75) is 12.8 Å². The van der Waals surface area contributed by atoms with Gasteiger partial charge in [0.1, 0.15) is 0 Å². The lowest BCUT2D eigenvalue weighted by atomic mass is 10.3. The Morgan fingerprint density at radius 2 is 1.92 bits per heavy atom. The number of aromatic nitrogens is 1. The molecule has 0 unspecified atom stereocenters. The van der Waals surface area contributed by atoms with Crippen LogP contribution in [0.1, 0.15) is 11.4 Å². The predicted molar refractivity (Wildman–Crippen MR) is 42.3 cm³/mol. The van der Waals surface area contributed by atoms with Gasteiger partial charge in [-0.05, 0) is 6.07 Å². The van der Waals surface area contributed by atoms with Crippen molar-refractivity contribution in [2.75, 3.05) is 0 Å². The Morgan fingerprint density at radius 1 is 1.31 bits per heavy atom. The first-order chi connectivity index (χ1) is 6.08. The molecule has 3 N–H and O–H groups in total. The van der Waals surface area contributed by atoms with Crippen LogP contribution < -0.4 is 0 Å². The molecule has 69 valence electrons. The highest BCUT2D eigenvalue weighted by atomic mass is 16.4. The lowest BCUT2D eigenvalue weighted by Gasteiger charge is -1.91. The minimum atomic E-state index is -0.972. The number of aliphatic carboxylic acids is 2. The van der Waals surface area contributed by atoms with E-state index in [1.54, 1.807) is 0 Å². The molecule has 0 aliphatic rings. The summed E-state index contributed by atoms with van der Waals surface area (Å²) in [6.07, 6.45) is -0.310. The van der Waals surface area contributed by atoms with E-state index in [0.29, 0.717) is 11.4 Å². The zero-order chi connectivity index (χ0) is 9.84. The second-order valence-electron chi connectivity index (χ2n) is 2.56. The van der Waals surface area contributed by atoms with Gasteiger partial charge in [0.25, 0.3) is 0 Å². The zero-order valence-corrected chi connectivity index (χ0v) is 6.70. The minimum Gasteiger partial charge on any atom is -0.481 e. The third-order valence-corrected chi connectivity index (χ3v) is 1.40. The molecule has 1 radical (unpaired) electrons. The van der Waals surface area contributed by atoms with Crippen LogP contribution in [0, 0.1) is 6.07 Å². The molecule has 0 aliphatic carbocycles. The average Bonchev–Trinajstić information content (AvgIpc) is 2.33. The van der Waals surface area contributed by atoms with Crippen molar-refractivity contribution in [1.82, 2.24) is 4.98 Å². The molecule has 13 heavy (non-hydrogen) atoms. The minimum absolute atomic E-state index is 0.143. The maximum Gasteiger partial charge on any atom is 0.309 e. The van der Waals surface area contributed by atoms with Crippen LogP contribution in [-0.4, -0.2) is 27.1 Å². The van der Waals surface area contributed by atoms with E-state index in [4.69, 9.17) is 10.2 Å². The van der Waals surface area contributed by atoms with E-state index >= 15 is 0 Å². The molecule has 1 aromatic heterocycles. The predicted octanol–water partition coefficient (Wildman–Crippen LogP) is 0.0691. The lowest BCUT2D eigenvalue weighted by molar-refractivity contribution is -0.137. The number of H-pyrrole nitrogens is 1. The van der Waals surface area contributed by atoms with Gasteiger partial charge in [0.05, 0.1) is 12.8 Å². The van der Waals surface area contributed by atoms with Crippen LogP contribution in [0.2, 0.25) is 0 Å². The van der Waals surface area contributed by atoms with E-state index < -0.39 is 11.9 Å². The first-order valence-corrected chi connectivity index (χ1v) is 3.60. The molecule has 5 nitrogen and oxygen atoms in total. The molecule has 0 fully saturated rings. The van der Waals surface area contributed by atoms with Crippen LogP contribution in [0.4, 0.5) is 0 Å². The van der Waals surface area contributed by atoms with Gasteiger partial charge in [-0.2, -0.15) is 0 Å². The van der Waals surface area contributed by atoms with Gasteiger partial charge in [-0.25, -0.2) is 0 Å². The smallest absolute Gasteiger partial charge is 0.309 e. The van der Waals surface area contributed by atoms with E-state index in [9.17, 15) is 9.59 Å². The Morgan fingerprint density at radius 3 is 2.46 bits per heavy atom. The summed E-state index contributed by atoms with van der Waals surface area (Å²) in [6, 6.07) is 4.09. The summed E-state index contributed by atoms with van der Waals surface area (Å²) in [5, 5.41) is 16.8. The molecule has 1 heterocycles. The molecule has 0 aliphatic heterocycles. The second-order valence-corrected chi connectivity index (χ2v) is 2.56. The van der Waals surface area contributed by atoms with Crippen molar-refractivity contribution in [3.63, 3.8) is 0 Å². The van der Waals surface area contributed by atoms with Crippen LogP contribution in [0.15, 0.2) is 6.07 Å². The molecule has 5 heteroatoms. The van der Waals surface area contributed by atoms with Crippen molar-refractivity contribution in [1.29, 1.82) is 0 Å². The van der Waals surface area contributed by atoms with Gasteiger partial charge in [-0.15, -0.1) is 0 Å². The second kappa shape index (κ2) is 3.75.